The third kappa shape index (κ3) is 4.38. The minimum Gasteiger partial charge on any atom is -0.146 e. The summed E-state index contributed by atoms with van der Waals surface area (Å²) in [6.45, 7) is 2.50. The van der Waals surface area contributed by atoms with Gasteiger partial charge in [0.15, 0.2) is 0 Å². The molecule has 0 spiro atoms. The minimum atomic E-state index is -1.92. The smallest absolute Gasteiger partial charge is 0.146 e. The van der Waals surface area contributed by atoms with Gasteiger partial charge in [0.1, 0.15) is 0 Å². The molecule has 0 aromatic rings. The minimum absolute atomic E-state index is 0.696. The summed E-state index contributed by atoms with van der Waals surface area (Å²) in [6.07, 6.45) is 14.3. The lowest BCUT2D eigenvalue weighted by molar-refractivity contribution is 0.303. The predicted octanol–water partition coefficient (Wildman–Crippen LogP) is 6.70. The molecule has 2 fully saturated rings. The Balaban J connectivity index is 1.62. The largest absolute Gasteiger partial charge is 0.251 e. The molecular formula is C16H30Cl2Si. The van der Waals surface area contributed by atoms with E-state index in [9.17, 15) is 0 Å². The van der Waals surface area contributed by atoms with E-state index in [1.165, 1.54) is 64.2 Å². The summed E-state index contributed by atoms with van der Waals surface area (Å²) in [5.41, 5.74) is 0.696. The van der Waals surface area contributed by atoms with Crippen LogP contribution in [0.5, 0.6) is 0 Å². The van der Waals surface area contributed by atoms with Crippen molar-refractivity contribution < 1.29 is 0 Å². The molecule has 0 aromatic carbocycles. The van der Waals surface area contributed by atoms with E-state index in [4.69, 9.17) is 22.2 Å². The van der Waals surface area contributed by atoms with Crippen LogP contribution >= 0.6 is 22.2 Å². The van der Waals surface area contributed by atoms with E-state index in [2.05, 4.69) is 13.5 Å². The first-order valence-corrected chi connectivity index (χ1v) is 13.0. The fraction of sp³-hybridized carbons (Fsp3) is 1.00. The number of hydrogen-bond donors (Lipinski definition) is 0. The van der Waals surface area contributed by atoms with Gasteiger partial charge in [0, 0.05) is 0 Å². The lowest BCUT2D eigenvalue weighted by Crippen LogP contribution is -2.29. The van der Waals surface area contributed by atoms with E-state index in [1.807, 2.05) is 0 Å². The third-order valence-electron chi connectivity index (χ3n) is 5.58. The maximum atomic E-state index is 6.46. The van der Waals surface area contributed by atoms with Crippen molar-refractivity contribution >= 4 is 28.9 Å². The van der Waals surface area contributed by atoms with Gasteiger partial charge in [0.05, 0.1) is 0 Å². The molecule has 0 N–H and O–H groups in total. The standard InChI is InChI=1S/C16H30Cl2Si/c1-3-4-5-6-7-8-9-13-10-15-11-14(13)12-16(15)19(2,17)18/h13-16H,3-12H2,1-2H3. The summed E-state index contributed by atoms with van der Waals surface area (Å²) in [6, 6.07) is 0. The molecule has 2 rings (SSSR count). The first-order chi connectivity index (χ1) is 9.02. The molecule has 112 valence electrons. The van der Waals surface area contributed by atoms with Crippen LogP contribution in [0.2, 0.25) is 12.1 Å². The van der Waals surface area contributed by atoms with Gasteiger partial charge in [-0.1, -0.05) is 51.9 Å². The van der Waals surface area contributed by atoms with Gasteiger partial charge in [-0.15, -0.1) is 22.2 Å². The molecule has 0 heterocycles. The van der Waals surface area contributed by atoms with Crippen LogP contribution in [0.3, 0.4) is 0 Å². The molecule has 0 saturated heterocycles. The highest BCUT2D eigenvalue weighted by molar-refractivity contribution is 7.45. The average molecular weight is 321 g/mol. The zero-order valence-electron chi connectivity index (χ0n) is 12.6. The highest BCUT2D eigenvalue weighted by atomic mass is 35.7. The number of halogens is 2. The van der Waals surface area contributed by atoms with Crippen LogP contribution < -0.4 is 0 Å². The Hall–Kier alpha value is 0.797. The normalized spacial score (nSPS) is 34.1. The zero-order valence-corrected chi connectivity index (χ0v) is 15.1. The molecule has 0 radical (unpaired) electrons. The molecular weight excluding hydrogens is 291 g/mol. The lowest BCUT2D eigenvalue weighted by Gasteiger charge is -2.32. The molecule has 4 unspecified atom stereocenters. The van der Waals surface area contributed by atoms with Gasteiger partial charge in [-0.3, -0.25) is 0 Å². The first kappa shape index (κ1) is 16.2. The SMILES string of the molecule is CCCCCCCCC1CC2CC1CC2[Si](C)(Cl)Cl. The van der Waals surface area contributed by atoms with Crippen LogP contribution in [-0.4, -0.2) is 6.69 Å². The van der Waals surface area contributed by atoms with Crippen LogP contribution in [-0.2, 0) is 0 Å². The average Bonchev–Trinajstić information content (AvgIpc) is 2.92. The van der Waals surface area contributed by atoms with Crippen LogP contribution in [0, 0.1) is 17.8 Å². The summed E-state index contributed by atoms with van der Waals surface area (Å²) < 4.78 is 0. The molecule has 4 atom stereocenters. The predicted molar refractivity (Wildman–Crippen MR) is 89.4 cm³/mol. The van der Waals surface area contributed by atoms with Crippen LogP contribution in [0.15, 0.2) is 0 Å². The number of rotatable bonds is 8. The molecule has 3 heteroatoms. The topological polar surface area (TPSA) is 0 Å². The quantitative estimate of drug-likeness (QED) is 0.265. The van der Waals surface area contributed by atoms with Crippen molar-refractivity contribution in [1.82, 2.24) is 0 Å². The Morgan fingerprint density at radius 3 is 2.16 bits per heavy atom. The highest BCUT2D eigenvalue weighted by Gasteiger charge is 2.51. The number of hydrogen-bond acceptors (Lipinski definition) is 0. The van der Waals surface area contributed by atoms with Crippen LogP contribution in [0.1, 0.15) is 71.1 Å². The summed E-state index contributed by atoms with van der Waals surface area (Å²) in [4.78, 5) is 0. The van der Waals surface area contributed by atoms with Gasteiger partial charge in [-0.05, 0) is 49.1 Å². The maximum Gasteiger partial charge on any atom is 0.251 e. The van der Waals surface area contributed by atoms with Crippen molar-refractivity contribution in [3.05, 3.63) is 0 Å². The number of fused-ring (bicyclic) bond motifs is 2. The molecule has 2 saturated carbocycles. The fourth-order valence-electron chi connectivity index (χ4n) is 4.56. The van der Waals surface area contributed by atoms with Crippen LogP contribution in [0.25, 0.3) is 0 Å². The van der Waals surface area contributed by atoms with Crippen molar-refractivity contribution in [3.8, 4) is 0 Å². The monoisotopic (exact) mass is 320 g/mol. The van der Waals surface area contributed by atoms with E-state index < -0.39 is 6.69 Å². The molecule has 2 aliphatic rings. The molecule has 0 nitrogen and oxygen atoms in total. The Bertz CT molecular complexity index is 274. The molecule has 0 aromatic heterocycles. The molecule has 2 bridgehead atoms. The van der Waals surface area contributed by atoms with Crippen molar-refractivity contribution in [2.45, 2.75) is 83.2 Å². The summed E-state index contributed by atoms with van der Waals surface area (Å²) in [5.74, 6) is 2.86. The van der Waals surface area contributed by atoms with Gasteiger partial charge < -0.3 is 0 Å². The van der Waals surface area contributed by atoms with Gasteiger partial charge in [-0.2, -0.15) is 0 Å². The highest BCUT2D eigenvalue weighted by Crippen LogP contribution is 2.60. The van der Waals surface area contributed by atoms with E-state index in [1.54, 1.807) is 0 Å². The Morgan fingerprint density at radius 2 is 1.58 bits per heavy atom. The summed E-state index contributed by atoms with van der Waals surface area (Å²) in [5, 5.41) is 0. The van der Waals surface area contributed by atoms with Gasteiger partial charge in [-0.25, -0.2) is 0 Å². The van der Waals surface area contributed by atoms with E-state index in [-0.39, 0.29) is 0 Å². The Kier molecular flexibility index (Phi) is 6.11. The van der Waals surface area contributed by atoms with Crippen molar-refractivity contribution in [3.63, 3.8) is 0 Å². The van der Waals surface area contributed by atoms with Crippen molar-refractivity contribution in [2.75, 3.05) is 0 Å². The Labute approximate surface area is 130 Å². The van der Waals surface area contributed by atoms with E-state index in [0.717, 1.165) is 17.8 Å². The third-order valence-corrected chi connectivity index (χ3v) is 9.27. The van der Waals surface area contributed by atoms with E-state index >= 15 is 0 Å². The van der Waals surface area contributed by atoms with Crippen molar-refractivity contribution in [2.24, 2.45) is 17.8 Å². The summed E-state index contributed by atoms with van der Waals surface area (Å²) >= 11 is 12.9. The second-order valence-corrected chi connectivity index (χ2v) is 15.1. The fourth-order valence-corrected chi connectivity index (χ4v) is 7.98. The second-order valence-electron chi connectivity index (χ2n) is 7.11. The number of unbranched alkanes of at least 4 members (excludes halogenated alkanes) is 5. The second kappa shape index (κ2) is 7.18. The van der Waals surface area contributed by atoms with Gasteiger partial charge in [0.2, 0.25) is 0 Å². The maximum absolute atomic E-state index is 6.46. The molecule has 19 heavy (non-hydrogen) atoms. The van der Waals surface area contributed by atoms with E-state index in [0.29, 0.717) is 5.54 Å². The first-order valence-electron chi connectivity index (χ1n) is 8.40. The molecule has 0 amide bonds. The summed E-state index contributed by atoms with van der Waals surface area (Å²) in [7, 11) is 0. The van der Waals surface area contributed by atoms with Gasteiger partial charge >= 0.3 is 0 Å². The van der Waals surface area contributed by atoms with Crippen molar-refractivity contribution in [1.29, 1.82) is 0 Å². The molecule has 0 aliphatic heterocycles. The lowest BCUT2D eigenvalue weighted by atomic mass is 9.84. The zero-order chi connectivity index (χ0) is 13.9. The van der Waals surface area contributed by atoms with Gasteiger partial charge in [0.25, 0.3) is 6.69 Å². The van der Waals surface area contributed by atoms with Crippen LogP contribution in [0.4, 0.5) is 0 Å². The Morgan fingerprint density at radius 1 is 0.895 bits per heavy atom. The molecule has 2 aliphatic carbocycles.